The summed E-state index contributed by atoms with van der Waals surface area (Å²) in [6, 6.07) is 12.8. The normalized spacial score (nSPS) is 11.4. The number of aryl methyl sites for hydroxylation is 2. The van der Waals surface area contributed by atoms with Crippen LogP contribution in [0.4, 0.5) is 0 Å². The highest BCUT2D eigenvalue weighted by Crippen LogP contribution is 2.16. The lowest BCUT2D eigenvalue weighted by Crippen LogP contribution is -1.92. The summed E-state index contributed by atoms with van der Waals surface area (Å²) in [5.74, 6) is 2.64. The molecule has 4 nitrogen and oxygen atoms in total. The van der Waals surface area contributed by atoms with E-state index in [0.717, 1.165) is 61.4 Å². The molecule has 0 fully saturated rings. The Bertz CT molecular complexity index is 800. The number of rotatable bonds is 9. The zero-order valence-electron chi connectivity index (χ0n) is 16.0. The molecule has 3 rings (SSSR count). The summed E-state index contributed by atoms with van der Waals surface area (Å²) in [6.07, 6.45) is 5.72. The van der Waals surface area contributed by atoms with E-state index in [-0.39, 0.29) is 0 Å². The molecule has 138 valence electrons. The van der Waals surface area contributed by atoms with Gasteiger partial charge in [-0.15, -0.1) is 0 Å². The summed E-state index contributed by atoms with van der Waals surface area (Å²) >= 11 is 0. The van der Waals surface area contributed by atoms with Crippen molar-refractivity contribution in [3.8, 4) is 0 Å². The van der Waals surface area contributed by atoms with Gasteiger partial charge in [0, 0.05) is 37.8 Å². The van der Waals surface area contributed by atoms with E-state index >= 15 is 0 Å². The van der Waals surface area contributed by atoms with Crippen LogP contribution in [-0.2, 0) is 25.7 Å². The lowest BCUT2D eigenvalue weighted by Gasteiger charge is -2.01. The number of hydrogen-bond acceptors (Lipinski definition) is 4. The fraction of sp³-hybridized carbons (Fsp3) is 0.455. The summed E-state index contributed by atoms with van der Waals surface area (Å²) in [4.78, 5) is 0. The Morgan fingerprint density at radius 2 is 1.31 bits per heavy atom. The molecule has 4 heteroatoms. The van der Waals surface area contributed by atoms with Crippen molar-refractivity contribution >= 4 is 0 Å². The molecule has 0 N–H and O–H groups in total. The molecule has 26 heavy (non-hydrogen) atoms. The molecule has 2 aromatic heterocycles. The topological polar surface area (TPSA) is 52.1 Å². The van der Waals surface area contributed by atoms with Gasteiger partial charge in [0.2, 0.25) is 0 Å². The minimum atomic E-state index is 0.680. The van der Waals surface area contributed by atoms with Gasteiger partial charge in [-0.3, -0.25) is 0 Å². The van der Waals surface area contributed by atoms with Gasteiger partial charge in [-0.25, -0.2) is 0 Å². The molecule has 0 saturated heterocycles. The second-order valence-corrected chi connectivity index (χ2v) is 7.42. The molecular weight excluding hydrogens is 324 g/mol. The van der Waals surface area contributed by atoms with Crippen LogP contribution >= 0.6 is 0 Å². The van der Waals surface area contributed by atoms with Gasteiger partial charge in [0.1, 0.15) is 11.5 Å². The predicted octanol–water partition coefficient (Wildman–Crippen LogP) is 5.39. The maximum atomic E-state index is 5.44. The van der Waals surface area contributed by atoms with Crippen molar-refractivity contribution in [3.63, 3.8) is 0 Å². The molecular formula is C22H28N2O2. The van der Waals surface area contributed by atoms with Crippen LogP contribution in [-0.4, -0.2) is 10.3 Å². The van der Waals surface area contributed by atoms with E-state index < -0.39 is 0 Å². The molecule has 0 bridgehead atoms. The van der Waals surface area contributed by atoms with Gasteiger partial charge in [0.15, 0.2) is 0 Å². The summed E-state index contributed by atoms with van der Waals surface area (Å²) in [6.45, 7) is 6.59. The van der Waals surface area contributed by atoms with Crippen LogP contribution in [0.25, 0.3) is 0 Å². The van der Waals surface area contributed by atoms with Crippen molar-refractivity contribution in [2.24, 2.45) is 5.92 Å². The number of nitrogens with zero attached hydrogens (tertiary/aromatic N) is 2. The lowest BCUT2D eigenvalue weighted by molar-refractivity contribution is 0.369. The third-order valence-corrected chi connectivity index (χ3v) is 4.47. The summed E-state index contributed by atoms with van der Waals surface area (Å²) < 4.78 is 10.8. The van der Waals surface area contributed by atoms with Crippen molar-refractivity contribution < 1.29 is 9.05 Å². The first kappa shape index (κ1) is 18.4. The number of hydrogen-bond donors (Lipinski definition) is 0. The third-order valence-electron chi connectivity index (χ3n) is 4.47. The van der Waals surface area contributed by atoms with Crippen molar-refractivity contribution in [3.05, 3.63) is 70.4 Å². The fourth-order valence-corrected chi connectivity index (χ4v) is 2.98. The Hall–Kier alpha value is -2.36. The van der Waals surface area contributed by atoms with Gasteiger partial charge >= 0.3 is 0 Å². The zero-order chi connectivity index (χ0) is 18.4. The van der Waals surface area contributed by atoms with E-state index in [1.165, 1.54) is 11.1 Å². The third kappa shape index (κ3) is 5.32. The van der Waals surface area contributed by atoms with Crippen LogP contribution in [0.15, 0.2) is 45.4 Å². The SMILES string of the molecule is CCCc1cc(Cc2ccc(Cc3cc(CCC(C)C)on3)cc2)no1. The Labute approximate surface area is 155 Å². The van der Waals surface area contributed by atoms with Crippen LogP contribution in [0.5, 0.6) is 0 Å². The molecule has 3 aromatic rings. The monoisotopic (exact) mass is 352 g/mol. The molecule has 0 aliphatic heterocycles. The highest BCUT2D eigenvalue weighted by atomic mass is 16.5. The number of aromatic nitrogens is 2. The molecule has 0 spiro atoms. The van der Waals surface area contributed by atoms with Crippen LogP contribution in [0.2, 0.25) is 0 Å². The minimum Gasteiger partial charge on any atom is -0.361 e. The first-order chi connectivity index (χ1) is 12.6. The van der Waals surface area contributed by atoms with Crippen molar-refractivity contribution in [2.75, 3.05) is 0 Å². The molecule has 0 amide bonds. The van der Waals surface area contributed by atoms with E-state index in [1.807, 2.05) is 0 Å². The van der Waals surface area contributed by atoms with Gasteiger partial charge in [0.05, 0.1) is 11.4 Å². The first-order valence-corrected chi connectivity index (χ1v) is 9.59. The maximum Gasteiger partial charge on any atom is 0.137 e. The van der Waals surface area contributed by atoms with E-state index in [9.17, 15) is 0 Å². The van der Waals surface area contributed by atoms with E-state index in [0.29, 0.717) is 5.92 Å². The first-order valence-electron chi connectivity index (χ1n) is 9.59. The Balaban J connectivity index is 1.55. The van der Waals surface area contributed by atoms with Gasteiger partial charge in [-0.05, 0) is 29.9 Å². The average molecular weight is 352 g/mol. The highest BCUT2D eigenvalue weighted by molar-refractivity contribution is 5.28. The van der Waals surface area contributed by atoms with Crippen molar-refractivity contribution in [2.45, 2.75) is 59.3 Å². The summed E-state index contributed by atoms with van der Waals surface area (Å²) in [5.41, 5.74) is 4.47. The van der Waals surface area contributed by atoms with Gasteiger partial charge in [0.25, 0.3) is 0 Å². The summed E-state index contributed by atoms with van der Waals surface area (Å²) in [7, 11) is 0. The van der Waals surface area contributed by atoms with E-state index in [1.54, 1.807) is 0 Å². The molecule has 0 radical (unpaired) electrons. The van der Waals surface area contributed by atoms with E-state index in [4.69, 9.17) is 9.05 Å². The molecule has 0 atom stereocenters. The average Bonchev–Trinajstić information content (AvgIpc) is 3.25. The van der Waals surface area contributed by atoms with Gasteiger partial charge in [-0.1, -0.05) is 55.4 Å². The highest BCUT2D eigenvalue weighted by Gasteiger charge is 2.08. The van der Waals surface area contributed by atoms with Crippen molar-refractivity contribution in [1.29, 1.82) is 0 Å². The summed E-state index contributed by atoms with van der Waals surface area (Å²) in [5, 5.41) is 8.36. The van der Waals surface area contributed by atoms with Crippen molar-refractivity contribution in [1.82, 2.24) is 10.3 Å². The molecule has 2 heterocycles. The quantitative estimate of drug-likeness (QED) is 0.518. The second-order valence-electron chi connectivity index (χ2n) is 7.42. The van der Waals surface area contributed by atoms with Crippen LogP contribution in [0.3, 0.4) is 0 Å². The standard InChI is InChI=1S/C22H28N2O2/c1-4-5-21-14-19(23-25-21)12-17-7-9-18(10-8-17)13-20-15-22(26-24-20)11-6-16(2)3/h7-10,14-16H,4-6,11-13H2,1-3H3. The smallest absolute Gasteiger partial charge is 0.137 e. The Morgan fingerprint density at radius 1 is 0.808 bits per heavy atom. The second kappa shape index (κ2) is 8.84. The molecule has 0 aliphatic carbocycles. The Kier molecular flexibility index (Phi) is 6.26. The Morgan fingerprint density at radius 3 is 1.77 bits per heavy atom. The zero-order valence-corrected chi connectivity index (χ0v) is 16.0. The van der Waals surface area contributed by atoms with Crippen LogP contribution in [0, 0.1) is 5.92 Å². The lowest BCUT2D eigenvalue weighted by atomic mass is 10.0. The van der Waals surface area contributed by atoms with Gasteiger partial charge < -0.3 is 9.05 Å². The number of benzene rings is 1. The minimum absolute atomic E-state index is 0.680. The van der Waals surface area contributed by atoms with E-state index in [2.05, 4.69) is 67.5 Å². The van der Waals surface area contributed by atoms with Crippen LogP contribution < -0.4 is 0 Å². The van der Waals surface area contributed by atoms with Crippen LogP contribution in [0.1, 0.15) is 67.6 Å². The fourth-order valence-electron chi connectivity index (χ4n) is 2.98. The maximum absolute atomic E-state index is 5.44. The predicted molar refractivity (Wildman–Crippen MR) is 102 cm³/mol. The largest absolute Gasteiger partial charge is 0.361 e. The molecule has 1 aromatic carbocycles. The molecule has 0 saturated carbocycles. The van der Waals surface area contributed by atoms with Gasteiger partial charge in [-0.2, -0.15) is 0 Å². The molecule has 0 unspecified atom stereocenters. The molecule has 0 aliphatic rings.